The summed E-state index contributed by atoms with van der Waals surface area (Å²) in [5.74, 6) is -0.257. The normalized spacial score (nSPS) is 32.7. The zero-order valence-electron chi connectivity index (χ0n) is 11.6. The summed E-state index contributed by atoms with van der Waals surface area (Å²) in [6.07, 6.45) is 3.30. The van der Waals surface area contributed by atoms with Crippen molar-refractivity contribution in [2.45, 2.75) is 58.2 Å². The minimum Gasteiger partial charge on any atom is -0.481 e. The number of hydrogen-bond acceptors (Lipinski definition) is 3. The van der Waals surface area contributed by atoms with Gasteiger partial charge in [0.2, 0.25) is 0 Å². The van der Waals surface area contributed by atoms with E-state index >= 15 is 0 Å². The molecule has 1 heterocycles. The molecule has 1 saturated carbocycles. The maximum absolute atomic E-state index is 11.7. The largest absolute Gasteiger partial charge is 0.481 e. The Labute approximate surface area is 109 Å². The molecule has 2 aliphatic rings. The van der Waals surface area contributed by atoms with Crippen molar-refractivity contribution in [1.82, 2.24) is 0 Å². The fraction of sp³-hybridized carbons (Fsp3) is 0.929. The van der Waals surface area contributed by atoms with Crippen LogP contribution in [0.4, 0.5) is 0 Å². The summed E-state index contributed by atoms with van der Waals surface area (Å²) in [6, 6.07) is 0. The van der Waals surface area contributed by atoms with Crippen molar-refractivity contribution in [2.24, 2.45) is 11.3 Å². The third-order valence-electron chi connectivity index (χ3n) is 3.95. The van der Waals surface area contributed by atoms with Crippen LogP contribution in [-0.2, 0) is 14.3 Å². The van der Waals surface area contributed by atoms with Gasteiger partial charge in [0.05, 0.1) is 17.1 Å². The van der Waals surface area contributed by atoms with E-state index in [0.29, 0.717) is 32.0 Å². The van der Waals surface area contributed by atoms with Crippen molar-refractivity contribution in [2.75, 3.05) is 13.2 Å². The van der Waals surface area contributed by atoms with Crippen molar-refractivity contribution >= 4 is 5.97 Å². The second-order valence-corrected chi connectivity index (χ2v) is 6.55. The van der Waals surface area contributed by atoms with E-state index in [-0.39, 0.29) is 11.7 Å². The minimum atomic E-state index is -0.716. The molecule has 0 amide bonds. The van der Waals surface area contributed by atoms with E-state index in [1.54, 1.807) is 0 Å². The van der Waals surface area contributed by atoms with Crippen molar-refractivity contribution < 1.29 is 19.4 Å². The van der Waals surface area contributed by atoms with Crippen molar-refractivity contribution in [3.05, 3.63) is 0 Å². The smallest absolute Gasteiger partial charge is 0.312 e. The highest BCUT2D eigenvalue weighted by Gasteiger charge is 2.55. The summed E-state index contributed by atoms with van der Waals surface area (Å²) in [4.78, 5) is 11.7. The molecule has 2 rings (SSSR count). The maximum atomic E-state index is 11.7. The molecule has 2 atom stereocenters. The number of carbonyl (C=O) groups is 1. The van der Waals surface area contributed by atoms with E-state index in [9.17, 15) is 9.90 Å². The summed E-state index contributed by atoms with van der Waals surface area (Å²) in [5, 5.41) is 9.60. The predicted octanol–water partition coefficient (Wildman–Crippen LogP) is 2.46. The van der Waals surface area contributed by atoms with Gasteiger partial charge in [0, 0.05) is 13.2 Å². The summed E-state index contributed by atoms with van der Waals surface area (Å²) in [5.41, 5.74) is -0.930. The van der Waals surface area contributed by atoms with Crippen LogP contribution in [0, 0.1) is 11.3 Å². The highest BCUT2D eigenvalue weighted by molar-refractivity contribution is 5.76. The van der Waals surface area contributed by atoms with E-state index in [0.717, 1.165) is 12.8 Å². The fourth-order valence-corrected chi connectivity index (χ4v) is 2.80. The predicted molar refractivity (Wildman–Crippen MR) is 67.5 cm³/mol. The molecule has 4 heteroatoms. The van der Waals surface area contributed by atoms with Gasteiger partial charge in [-0.05, 0) is 52.4 Å². The first kappa shape index (κ1) is 13.8. The van der Waals surface area contributed by atoms with Gasteiger partial charge < -0.3 is 14.6 Å². The van der Waals surface area contributed by atoms with Crippen LogP contribution >= 0.6 is 0 Å². The Morgan fingerprint density at radius 2 is 2.11 bits per heavy atom. The molecule has 0 aromatic heterocycles. The molecule has 104 valence electrons. The molecule has 1 N–H and O–H groups in total. The lowest BCUT2D eigenvalue weighted by Crippen LogP contribution is -2.41. The molecular weight excluding hydrogens is 232 g/mol. The van der Waals surface area contributed by atoms with Crippen molar-refractivity contribution in [3.63, 3.8) is 0 Å². The average molecular weight is 256 g/mol. The lowest BCUT2D eigenvalue weighted by atomic mass is 9.76. The Balaban J connectivity index is 2.00. The molecule has 2 fully saturated rings. The lowest BCUT2D eigenvalue weighted by Gasteiger charge is -2.31. The third kappa shape index (κ3) is 2.86. The van der Waals surface area contributed by atoms with Crippen LogP contribution in [0.25, 0.3) is 0 Å². The van der Waals surface area contributed by atoms with Crippen LogP contribution in [0.2, 0.25) is 0 Å². The van der Waals surface area contributed by atoms with Crippen LogP contribution in [0.3, 0.4) is 0 Å². The minimum absolute atomic E-state index is 0.0985. The van der Waals surface area contributed by atoms with E-state index in [2.05, 4.69) is 0 Å². The first-order chi connectivity index (χ1) is 8.35. The highest BCUT2D eigenvalue weighted by atomic mass is 16.5. The average Bonchev–Trinajstić information content (AvgIpc) is 2.98. The third-order valence-corrected chi connectivity index (χ3v) is 3.95. The highest BCUT2D eigenvalue weighted by Crippen LogP contribution is 2.49. The van der Waals surface area contributed by atoms with E-state index in [1.165, 1.54) is 0 Å². The van der Waals surface area contributed by atoms with Gasteiger partial charge in [0.15, 0.2) is 0 Å². The molecular formula is C14H24O4. The van der Waals surface area contributed by atoms with Crippen LogP contribution in [0.5, 0.6) is 0 Å². The monoisotopic (exact) mass is 256 g/mol. The molecule has 18 heavy (non-hydrogen) atoms. The molecule has 0 radical (unpaired) electrons. The number of hydrogen-bond donors (Lipinski definition) is 1. The number of carboxylic acids is 1. The molecule has 4 nitrogen and oxygen atoms in total. The van der Waals surface area contributed by atoms with Crippen LogP contribution < -0.4 is 0 Å². The van der Waals surface area contributed by atoms with Crippen molar-refractivity contribution in [3.8, 4) is 0 Å². The quantitative estimate of drug-likeness (QED) is 0.821. The molecule has 1 aliphatic carbocycles. The summed E-state index contributed by atoms with van der Waals surface area (Å²) >= 11 is 0. The Hall–Kier alpha value is -0.610. The number of aliphatic carboxylic acids is 1. The Kier molecular flexibility index (Phi) is 3.70. The van der Waals surface area contributed by atoms with Gasteiger partial charge in [0.1, 0.15) is 0 Å². The van der Waals surface area contributed by atoms with Crippen LogP contribution in [0.15, 0.2) is 0 Å². The topological polar surface area (TPSA) is 55.8 Å². The second kappa shape index (κ2) is 4.82. The Morgan fingerprint density at radius 3 is 2.61 bits per heavy atom. The SMILES string of the molecule is CC(C)(C)OCCC1(C(=O)O)CCOC1C1CC1. The number of rotatable bonds is 5. The van der Waals surface area contributed by atoms with E-state index < -0.39 is 11.4 Å². The first-order valence-corrected chi connectivity index (χ1v) is 6.84. The van der Waals surface area contributed by atoms with E-state index in [1.807, 2.05) is 20.8 Å². The summed E-state index contributed by atoms with van der Waals surface area (Å²) in [6.45, 7) is 7.03. The summed E-state index contributed by atoms with van der Waals surface area (Å²) in [7, 11) is 0. The van der Waals surface area contributed by atoms with Gasteiger partial charge in [-0.3, -0.25) is 4.79 Å². The van der Waals surface area contributed by atoms with Gasteiger partial charge in [-0.2, -0.15) is 0 Å². The van der Waals surface area contributed by atoms with E-state index in [4.69, 9.17) is 9.47 Å². The molecule has 0 aromatic carbocycles. The molecule has 1 aliphatic heterocycles. The second-order valence-electron chi connectivity index (χ2n) is 6.55. The zero-order chi connectivity index (χ0) is 13.4. The standard InChI is InChI=1S/C14H24O4/c1-13(2,3)18-9-7-14(12(15)16)6-8-17-11(14)10-4-5-10/h10-11H,4-9H2,1-3H3,(H,15,16). The molecule has 1 saturated heterocycles. The number of ether oxygens (including phenoxy) is 2. The van der Waals surface area contributed by atoms with Gasteiger partial charge in [-0.15, -0.1) is 0 Å². The van der Waals surface area contributed by atoms with Crippen LogP contribution in [0.1, 0.15) is 46.5 Å². The van der Waals surface area contributed by atoms with Gasteiger partial charge in [0.25, 0.3) is 0 Å². The fourth-order valence-electron chi connectivity index (χ4n) is 2.80. The molecule has 0 bridgehead atoms. The first-order valence-electron chi connectivity index (χ1n) is 6.84. The molecule has 2 unspecified atom stereocenters. The van der Waals surface area contributed by atoms with Gasteiger partial charge in [-0.1, -0.05) is 0 Å². The Bertz CT molecular complexity index is 316. The Morgan fingerprint density at radius 1 is 1.44 bits per heavy atom. The van der Waals surface area contributed by atoms with Gasteiger partial charge >= 0.3 is 5.97 Å². The summed E-state index contributed by atoms with van der Waals surface area (Å²) < 4.78 is 11.4. The van der Waals surface area contributed by atoms with Crippen molar-refractivity contribution in [1.29, 1.82) is 0 Å². The lowest BCUT2D eigenvalue weighted by molar-refractivity contribution is -0.156. The van der Waals surface area contributed by atoms with Gasteiger partial charge in [-0.25, -0.2) is 0 Å². The maximum Gasteiger partial charge on any atom is 0.312 e. The number of carboxylic acid groups (broad SMARTS) is 1. The molecule has 0 aromatic rings. The molecule has 0 spiro atoms. The van der Waals surface area contributed by atoms with Crippen LogP contribution in [-0.4, -0.2) is 36.0 Å². The zero-order valence-corrected chi connectivity index (χ0v) is 11.6.